The normalized spacial score (nSPS) is 15.5. The zero-order valence-corrected chi connectivity index (χ0v) is 16.6. The maximum atomic E-state index is 12.2. The van der Waals surface area contributed by atoms with Crippen LogP contribution in [0.3, 0.4) is 0 Å². The van der Waals surface area contributed by atoms with Gasteiger partial charge in [0.2, 0.25) is 0 Å². The quantitative estimate of drug-likeness (QED) is 0.625. The van der Waals surface area contributed by atoms with Gasteiger partial charge < -0.3 is 0 Å². The molecule has 0 saturated carbocycles. The van der Waals surface area contributed by atoms with Gasteiger partial charge in [-0.1, -0.05) is 0 Å². The molecule has 8 nitrogen and oxygen atoms in total. The number of hydrogen-bond acceptors (Lipinski definition) is 7. The molecule has 0 atom stereocenters. The van der Waals surface area contributed by atoms with E-state index in [4.69, 9.17) is 0 Å². The Kier molecular flexibility index (Phi) is 6.02. The summed E-state index contributed by atoms with van der Waals surface area (Å²) in [6, 6.07) is 7.15. The Morgan fingerprint density at radius 1 is 0.931 bits per heavy atom. The van der Waals surface area contributed by atoms with Crippen LogP contribution in [0.25, 0.3) is 11.3 Å². The van der Waals surface area contributed by atoms with Gasteiger partial charge in [0.15, 0.2) is 0 Å². The van der Waals surface area contributed by atoms with Crippen molar-refractivity contribution in [3.63, 3.8) is 0 Å². The number of piperazine rings is 1. The van der Waals surface area contributed by atoms with Crippen molar-refractivity contribution in [2.24, 2.45) is 0 Å². The van der Waals surface area contributed by atoms with Crippen LogP contribution in [0, 0.1) is 6.92 Å². The molecule has 0 bridgehead atoms. The third-order valence-electron chi connectivity index (χ3n) is 5.11. The second kappa shape index (κ2) is 9.02. The molecule has 1 saturated heterocycles. The number of aromatic nitrogens is 5. The highest BCUT2D eigenvalue weighted by atomic mass is 16.1. The zero-order valence-electron chi connectivity index (χ0n) is 16.6. The van der Waals surface area contributed by atoms with Crippen molar-refractivity contribution in [1.29, 1.82) is 0 Å². The summed E-state index contributed by atoms with van der Waals surface area (Å²) >= 11 is 0. The number of pyridine rings is 1. The molecule has 0 amide bonds. The van der Waals surface area contributed by atoms with E-state index in [1.807, 2.05) is 25.3 Å². The van der Waals surface area contributed by atoms with E-state index in [1.54, 1.807) is 35.4 Å². The van der Waals surface area contributed by atoms with Crippen LogP contribution < -0.4 is 5.56 Å². The van der Waals surface area contributed by atoms with E-state index in [2.05, 4.69) is 29.9 Å². The van der Waals surface area contributed by atoms with Gasteiger partial charge in [-0.3, -0.25) is 29.5 Å². The molecule has 29 heavy (non-hydrogen) atoms. The van der Waals surface area contributed by atoms with Crippen molar-refractivity contribution >= 4 is 0 Å². The maximum Gasteiger partial charge on any atom is 0.266 e. The van der Waals surface area contributed by atoms with E-state index in [0.29, 0.717) is 6.54 Å². The van der Waals surface area contributed by atoms with Crippen molar-refractivity contribution in [2.75, 3.05) is 32.7 Å². The van der Waals surface area contributed by atoms with Gasteiger partial charge in [-0.05, 0) is 25.1 Å². The maximum absolute atomic E-state index is 12.2. The van der Waals surface area contributed by atoms with Crippen LogP contribution >= 0.6 is 0 Å². The lowest BCUT2D eigenvalue weighted by atomic mass is 10.2. The van der Waals surface area contributed by atoms with Crippen molar-refractivity contribution in [2.45, 2.75) is 20.0 Å². The van der Waals surface area contributed by atoms with Crippen molar-refractivity contribution in [3.8, 4) is 11.3 Å². The van der Waals surface area contributed by atoms with E-state index < -0.39 is 0 Å². The Morgan fingerprint density at radius 2 is 1.76 bits per heavy atom. The van der Waals surface area contributed by atoms with Crippen molar-refractivity contribution in [1.82, 2.24) is 34.5 Å². The third-order valence-corrected chi connectivity index (χ3v) is 5.11. The summed E-state index contributed by atoms with van der Waals surface area (Å²) < 4.78 is 1.55. The molecule has 1 aliphatic heterocycles. The molecule has 1 aliphatic rings. The van der Waals surface area contributed by atoms with Crippen LogP contribution in [0.1, 0.15) is 11.4 Å². The first-order valence-corrected chi connectivity index (χ1v) is 9.88. The predicted octanol–water partition coefficient (Wildman–Crippen LogP) is 1.22. The minimum absolute atomic E-state index is 0.0747. The topological polar surface area (TPSA) is 80.0 Å². The lowest BCUT2D eigenvalue weighted by Crippen LogP contribution is -2.47. The molecule has 1 fully saturated rings. The summed E-state index contributed by atoms with van der Waals surface area (Å²) in [4.78, 5) is 29.9. The Hall–Kier alpha value is -2.97. The molecular weight excluding hydrogens is 366 g/mol. The SMILES string of the molecule is Cc1cncc(CN2CCN(CCn3nc(-c4cccnc4)ccc3=O)CC2)n1. The van der Waals surface area contributed by atoms with E-state index in [0.717, 1.165) is 61.9 Å². The van der Waals surface area contributed by atoms with E-state index in [9.17, 15) is 4.79 Å². The lowest BCUT2D eigenvalue weighted by Gasteiger charge is -2.34. The largest absolute Gasteiger partial charge is 0.299 e. The molecule has 150 valence electrons. The fourth-order valence-electron chi connectivity index (χ4n) is 3.51. The summed E-state index contributed by atoms with van der Waals surface area (Å²) in [6.07, 6.45) is 7.10. The van der Waals surface area contributed by atoms with E-state index in [-0.39, 0.29) is 5.56 Å². The first-order valence-electron chi connectivity index (χ1n) is 9.88. The van der Waals surface area contributed by atoms with Crippen LogP contribution in [-0.2, 0) is 13.1 Å². The molecule has 0 unspecified atom stereocenters. The second-order valence-corrected chi connectivity index (χ2v) is 7.29. The first-order chi connectivity index (χ1) is 14.2. The van der Waals surface area contributed by atoms with Gasteiger partial charge in [0.05, 0.1) is 23.6 Å². The van der Waals surface area contributed by atoms with Gasteiger partial charge >= 0.3 is 0 Å². The molecule has 4 heterocycles. The zero-order chi connectivity index (χ0) is 20.1. The standard InChI is InChI=1S/C21H25N7O/c1-17-13-23-15-19(24-17)16-27-9-7-26(8-10-27)11-12-28-21(29)5-4-20(25-28)18-3-2-6-22-14-18/h2-6,13-15H,7-12,16H2,1H3. The molecule has 0 radical (unpaired) electrons. The Balaban J connectivity index is 1.31. The van der Waals surface area contributed by atoms with Crippen LogP contribution in [0.4, 0.5) is 0 Å². The summed E-state index contributed by atoms with van der Waals surface area (Å²) in [5.41, 5.74) is 3.57. The highest BCUT2D eigenvalue weighted by Crippen LogP contribution is 2.13. The molecule has 4 rings (SSSR count). The van der Waals surface area contributed by atoms with Crippen LogP contribution in [-0.4, -0.2) is 67.3 Å². The molecular formula is C21H25N7O. The minimum atomic E-state index is -0.0747. The molecule has 0 aliphatic carbocycles. The Bertz CT molecular complexity index is 997. The summed E-state index contributed by atoms with van der Waals surface area (Å²) in [5.74, 6) is 0. The molecule has 0 N–H and O–H groups in total. The second-order valence-electron chi connectivity index (χ2n) is 7.29. The van der Waals surface area contributed by atoms with Crippen LogP contribution in [0.2, 0.25) is 0 Å². The first kappa shape index (κ1) is 19.4. The van der Waals surface area contributed by atoms with Gasteiger partial charge in [-0.2, -0.15) is 5.10 Å². The summed E-state index contributed by atoms with van der Waals surface area (Å²) in [6.45, 7) is 8.08. The summed E-state index contributed by atoms with van der Waals surface area (Å²) in [5, 5.41) is 4.52. The van der Waals surface area contributed by atoms with Gasteiger partial charge in [-0.25, -0.2) is 4.68 Å². The van der Waals surface area contributed by atoms with Crippen molar-refractivity contribution in [3.05, 3.63) is 70.8 Å². The lowest BCUT2D eigenvalue weighted by molar-refractivity contribution is 0.121. The molecule has 3 aromatic heterocycles. The predicted molar refractivity (Wildman–Crippen MR) is 110 cm³/mol. The Morgan fingerprint density at radius 3 is 2.52 bits per heavy atom. The minimum Gasteiger partial charge on any atom is -0.299 e. The van der Waals surface area contributed by atoms with E-state index in [1.165, 1.54) is 0 Å². The molecule has 0 aromatic carbocycles. The van der Waals surface area contributed by atoms with Gasteiger partial charge in [0, 0.05) is 75.7 Å². The van der Waals surface area contributed by atoms with Crippen molar-refractivity contribution < 1.29 is 0 Å². The average molecular weight is 391 g/mol. The monoisotopic (exact) mass is 391 g/mol. The average Bonchev–Trinajstić information content (AvgIpc) is 2.75. The number of aryl methyl sites for hydroxylation is 1. The smallest absolute Gasteiger partial charge is 0.266 e. The van der Waals surface area contributed by atoms with Gasteiger partial charge in [-0.15, -0.1) is 0 Å². The molecule has 3 aromatic rings. The fourth-order valence-corrected chi connectivity index (χ4v) is 3.51. The van der Waals surface area contributed by atoms with Gasteiger partial charge in [0.25, 0.3) is 5.56 Å². The third kappa shape index (κ3) is 5.10. The van der Waals surface area contributed by atoms with Crippen LogP contribution in [0.5, 0.6) is 0 Å². The van der Waals surface area contributed by atoms with Gasteiger partial charge in [0.1, 0.15) is 0 Å². The fraction of sp³-hybridized carbons (Fsp3) is 0.381. The molecule has 8 heteroatoms. The number of rotatable bonds is 6. The van der Waals surface area contributed by atoms with Crippen LogP contribution in [0.15, 0.2) is 53.8 Å². The number of hydrogen-bond donors (Lipinski definition) is 0. The Labute approximate surface area is 169 Å². The highest BCUT2D eigenvalue weighted by Gasteiger charge is 2.17. The summed E-state index contributed by atoms with van der Waals surface area (Å²) in [7, 11) is 0. The van der Waals surface area contributed by atoms with E-state index >= 15 is 0 Å². The number of nitrogens with zero attached hydrogens (tertiary/aromatic N) is 7. The molecule has 0 spiro atoms. The highest BCUT2D eigenvalue weighted by molar-refractivity contribution is 5.56.